The normalized spacial score (nSPS) is 11.2. The van der Waals surface area contributed by atoms with Crippen LogP contribution in [0.3, 0.4) is 0 Å². The molecule has 92 valence electrons. The molecule has 4 nitrogen and oxygen atoms in total. The molecule has 1 N–H and O–H groups in total. The minimum absolute atomic E-state index is 0.672. The molecule has 16 heavy (non-hydrogen) atoms. The Morgan fingerprint density at radius 2 is 2.31 bits per heavy atom. The molecule has 0 unspecified atom stereocenters. The molecule has 0 spiro atoms. The van der Waals surface area contributed by atoms with Crippen LogP contribution in [0.15, 0.2) is 10.6 Å². The van der Waals surface area contributed by atoms with Gasteiger partial charge in [-0.1, -0.05) is 13.8 Å². The van der Waals surface area contributed by atoms with Crippen molar-refractivity contribution < 1.29 is 9.15 Å². The van der Waals surface area contributed by atoms with E-state index in [9.17, 15) is 0 Å². The summed E-state index contributed by atoms with van der Waals surface area (Å²) in [4.78, 5) is 4.22. The summed E-state index contributed by atoms with van der Waals surface area (Å²) in [5.74, 6) is 2.44. The molecule has 1 rings (SSSR count). The average Bonchev–Trinajstić information content (AvgIpc) is 2.70. The van der Waals surface area contributed by atoms with Crippen LogP contribution in [0.4, 0.5) is 0 Å². The quantitative estimate of drug-likeness (QED) is 0.689. The molecule has 0 saturated heterocycles. The van der Waals surface area contributed by atoms with Crippen LogP contribution < -0.4 is 5.32 Å². The van der Waals surface area contributed by atoms with Gasteiger partial charge in [-0.2, -0.15) is 0 Å². The van der Waals surface area contributed by atoms with Crippen molar-refractivity contribution in [1.29, 1.82) is 0 Å². The van der Waals surface area contributed by atoms with Crippen LogP contribution in [0.25, 0.3) is 0 Å². The van der Waals surface area contributed by atoms with Gasteiger partial charge in [-0.05, 0) is 12.3 Å². The van der Waals surface area contributed by atoms with E-state index in [0.717, 1.165) is 31.0 Å². The van der Waals surface area contributed by atoms with Gasteiger partial charge in [0.25, 0.3) is 0 Å². The molecule has 0 aliphatic rings. The summed E-state index contributed by atoms with van der Waals surface area (Å²) in [7, 11) is 1.69. The van der Waals surface area contributed by atoms with Crippen molar-refractivity contribution in [3.8, 4) is 0 Å². The fourth-order valence-corrected chi connectivity index (χ4v) is 1.35. The van der Waals surface area contributed by atoms with Gasteiger partial charge in [-0.15, -0.1) is 0 Å². The maximum Gasteiger partial charge on any atom is 0.208 e. The van der Waals surface area contributed by atoms with E-state index in [2.05, 4.69) is 24.1 Å². The molecule has 0 saturated carbocycles. The van der Waals surface area contributed by atoms with E-state index in [1.54, 1.807) is 7.11 Å². The molecule has 0 fully saturated rings. The molecule has 0 radical (unpaired) electrons. The van der Waals surface area contributed by atoms with Crippen molar-refractivity contribution in [3.63, 3.8) is 0 Å². The van der Waals surface area contributed by atoms with Crippen molar-refractivity contribution in [2.45, 2.75) is 33.2 Å². The number of aromatic nitrogens is 1. The molecular formula is C12H22N2O2. The number of nitrogens with one attached hydrogen (secondary N) is 1. The number of hydrogen-bond donors (Lipinski definition) is 1. The summed E-state index contributed by atoms with van der Waals surface area (Å²) in [6, 6.07) is 0. The van der Waals surface area contributed by atoms with Crippen molar-refractivity contribution in [1.82, 2.24) is 10.3 Å². The average molecular weight is 226 g/mol. The van der Waals surface area contributed by atoms with E-state index in [4.69, 9.17) is 9.15 Å². The second-order valence-corrected chi connectivity index (χ2v) is 4.32. The van der Waals surface area contributed by atoms with E-state index in [1.165, 1.54) is 0 Å². The number of ether oxygens (including phenoxy) is 1. The Labute approximate surface area is 97.4 Å². The van der Waals surface area contributed by atoms with Crippen molar-refractivity contribution >= 4 is 0 Å². The van der Waals surface area contributed by atoms with E-state index in [1.807, 2.05) is 6.20 Å². The number of methoxy groups -OCH3 is 1. The third-order valence-electron chi connectivity index (χ3n) is 2.33. The predicted octanol–water partition coefficient (Wildman–Crippen LogP) is 2.00. The zero-order valence-electron chi connectivity index (χ0n) is 10.5. The Hall–Kier alpha value is -0.870. The Bertz CT molecular complexity index is 284. The van der Waals surface area contributed by atoms with Gasteiger partial charge < -0.3 is 14.5 Å². The van der Waals surface area contributed by atoms with Crippen LogP contribution in [-0.2, 0) is 17.7 Å². The molecular weight excluding hydrogens is 204 g/mol. The van der Waals surface area contributed by atoms with Crippen LogP contribution >= 0.6 is 0 Å². The summed E-state index contributed by atoms with van der Waals surface area (Å²) in [6.45, 7) is 6.62. The minimum Gasteiger partial charge on any atom is -0.444 e. The lowest BCUT2D eigenvalue weighted by Crippen LogP contribution is -2.18. The van der Waals surface area contributed by atoms with Crippen molar-refractivity contribution in [2.75, 3.05) is 20.3 Å². The van der Waals surface area contributed by atoms with Crippen LogP contribution in [0.2, 0.25) is 0 Å². The predicted molar refractivity (Wildman–Crippen MR) is 63.2 cm³/mol. The van der Waals surface area contributed by atoms with Gasteiger partial charge in [0.2, 0.25) is 5.89 Å². The van der Waals surface area contributed by atoms with E-state index < -0.39 is 0 Å². The first-order valence-electron chi connectivity index (χ1n) is 5.85. The molecule has 4 heteroatoms. The molecule has 0 amide bonds. The monoisotopic (exact) mass is 226 g/mol. The lowest BCUT2D eigenvalue weighted by Gasteiger charge is -2.01. The Kier molecular flexibility index (Phi) is 6.11. The maximum atomic E-state index is 5.60. The highest BCUT2D eigenvalue weighted by Crippen LogP contribution is 2.10. The largest absolute Gasteiger partial charge is 0.444 e. The van der Waals surface area contributed by atoms with Gasteiger partial charge >= 0.3 is 0 Å². The highest BCUT2D eigenvalue weighted by molar-refractivity contribution is 4.94. The molecule has 1 aromatic rings. The molecule has 0 aliphatic heterocycles. The Morgan fingerprint density at radius 1 is 1.50 bits per heavy atom. The second kappa shape index (κ2) is 7.41. The van der Waals surface area contributed by atoms with E-state index in [0.29, 0.717) is 19.1 Å². The molecule has 1 aromatic heterocycles. The zero-order chi connectivity index (χ0) is 11.8. The van der Waals surface area contributed by atoms with E-state index >= 15 is 0 Å². The summed E-state index contributed by atoms with van der Waals surface area (Å²) >= 11 is 0. The van der Waals surface area contributed by atoms with Gasteiger partial charge in [0.15, 0.2) is 0 Å². The van der Waals surface area contributed by atoms with E-state index in [-0.39, 0.29) is 0 Å². The molecule has 0 aliphatic carbocycles. The standard InChI is InChI=1S/C12H22N2O2/c1-10(2)4-5-11-8-14-12(16-11)9-13-6-7-15-3/h8,10,13H,4-7,9H2,1-3H3. The smallest absolute Gasteiger partial charge is 0.208 e. The van der Waals surface area contributed by atoms with Crippen LogP contribution in [0.1, 0.15) is 31.9 Å². The Morgan fingerprint density at radius 3 is 3.00 bits per heavy atom. The first-order valence-corrected chi connectivity index (χ1v) is 5.85. The topological polar surface area (TPSA) is 47.3 Å². The highest BCUT2D eigenvalue weighted by Gasteiger charge is 2.04. The van der Waals surface area contributed by atoms with Gasteiger partial charge in [0.05, 0.1) is 19.3 Å². The minimum atomic E-state index is 0.672. The second-order valence-electron chi connectivity index (χ2n) is 4.32. The molecule has 0 aromatic carbocycles. The lowest BCUT2D eigenvalue weighted by molar-refractivity contribution is 0.198. The summed E-state index contributed by atoms with van der Waals surface area (Å²) < 4.78 is 10.5. The number of oxazole rings is 1. The van der Waals surface area contributed by atoms with Crippen LogP contribution in [0, 0.1) is 5.92 Å². The fourth-order valence-electron chi connectivity index (χ4n) is 1.35. The molecule has 0 atom stereocenters. The third-order valence-corrected chi connectivity index (χ3v) is 2.33. The third kappa shape index (κ3) is 5.28. The zero-order valence-corrected chi connectivity index (χ0v) is 10.5. The first kappa shape index (κ1) is 13.2. The lowest BCUT2D eigenvalue weighted by atomic mass is 10.1. The number of aryl methyl sites for hydroxylation is 1. The van der Waals surface area contributed by atoms with Crippen LogP contribution in [-0.4, -0.2) is 25.2 Å². The van der Waals surface area contributed by atoms with Gasteiger partial charge in [0, 0.05) is 20.1 Å². The highest BCUT2D eigenvalue weighted by atomic mass is 16.5. The summed E-state index contributed by atoms with van der Waals surface area (Å²) in [6.07, 6.45) is 3.95. The fraction of sp³-hybridized carbons (Fsp3) is 0.750. The molecule has 1 heterocycles. The maximum absolute atomic E-state index is 5.60. The summed E-state index contributed by atoms with van der Waals surface area (Å²) in [5, 5.41) is 3.20. The van der Waals surface area contributed by atoms with Crippen LogP contribution in [0.5, 0.6) is 0 Å². The number of rotatable bonds is 8. The number of hydrogen-bond acceptors (Lipinski definition) is 4. The van der Waals surface area contributed by atoms with Gasteiger partial charge in [-0.25, -0.2) is 4.98 Å². The SMILES string of the molecule is COCCNCc1ncc(CCC(C)C)o1. The summed E-state index contributed by atoms with van der Waals surface area (Å²) in [5.41, 5.74) is 0. The first-order chi connectivity index (χ1) is 7.72. The van der Waals surface area contributed by atoms with Crippen molar-refractivity contribution in [2.24, 2.45) is 5.92 Å². The Balaban J connectivity index is 2.22. The van der Waals surface area contributed by atoms with Crippen molar-refractivity contribution in [3.05, 3.63) is 17.8 Å². The number of nitrogens with zero attached hydrogens (tertiary/aromatic N) is 1. The van der Waals surface area contributed by atoms with Gasteiger partial charge in [-0.3, -0.25) is 0 Å². The van der Waals surface area contributed by atoms with Gasteiger partial charge in [0.1, 0.15) is 5.76 Å². The molecule has 0 bridgehead atoms.